The van der Waals surface area contributed by atoms with E-state index >= 15 is 0 Å². The van der Waals surface area contributed by atoms with Crippen LogP contribution in [0.4, 0.5) is 41.1 Å². The molecule has 9 nitrogen and oxygen atoms in total. The van der Waals surface area contributed by atoms with Gasteiger partial charge in [-0.1, -0.05) is 12.5 Å². The van der Waals surface area contributed by atoms with Crippen LogP contribution in [0.5, 0.6) is 0 Å². The van der Waals surface area contributed by atoms with Crippen molar-refractivity contribution in [3.63, 3.8) is 0 Å². The molecule has 37 heavy (non-hydrogen) atoms. The van der Waals surface area contributed by atoms with E-state index < -0.39 is 17.5 Å². The van der Waals surface area contributed by atoms with E-state index in [-0.39, 0.29) is 25.4 Å². The molecule has 1 aromatic carbocycles. The van der Waals surface area contributed by atoms with Gasteiger partial charge in [0.15, 0.2) is 0 Å². The minimum atomic E-state index is -4.53. The molecule has 1 aliphatic carbocycles. The summed E-state index contributed by atoms with van der Waals surface area (Å²) in [6.45, 7) is 2.01. The van der Waals surface area contributed by atoms with Crippen molar-refractivity contribution >= 4 is 51.0 Å². The first kappa shape index (κ1) is 27.0. The number of carbonyl (C=O) groups is 2. The molecule has 0 bridgehead atoms. The van der Waals surface area contributed by atoms with Crippen molar-refractivity contribution in [2.45, 2.75) is 44.7 Å². The molecule has 4 N–H and O–H groups in total. The average Bonchev–Trinajstić information content (AvgIpc) is 3.34. The maximum absolute atomic E-state index is 13.3. The van der Waals surface area contributed by atoms with Crippen LogP contribution in [0.15, 0.2) is 34.9 Å². The van der Waals surface area contributed by atoms with Crippen molar-refractivity contribution in [2.75, 3.05) is 42.1 Å². The van der Waals surface area contributed by atoms with Crippen LogP contribution in [-0.4, -0.2) is 59.2 Å². The predicted molar refractivity (Wildman–Crippen MR) is 138 cm³/mol. The Morgan fingerprint density at radius 1 is 1.08 bits per heavy atom. The Balaban J connectivity index is 1.27. The number of benzene rings is 1. The third-order valence-corrected chi connectivity index (χ3v) is 7.20. The molecule has 1 aromatic heterocycles. The van der Waals surface area contributed by atoms with Crippen LogP contribution in [0.2, 0.25) is 0 Å². The summed E-state index contributed by atoms with van der Waals surface area (Å²) in [6.07, 6.45) is -0.416. The molecule has 2 aromatic rings. The van der Waals surface area contributed by atoms with Crippen molar-refractivity contribution in [3.8, 4) is 0 Å². The first-order chi connectivity index (χ1) is 17.7. The molecule has 0 atom stereocenters. The third-order valence-electron chi connectivity index (χ3n) is 6.62. The highest BCUT2D eigenvalue weighted by atomic mass is 79.9. The first-order valence-electron chi connectivity index (χ1n) is 12.2. The zero-order chi connectivity index (χ0) is 26.5. The van der Waals surface area contributed by atoms with Gasteiger partial charge in [0.1, 0.15) is 11.2 Å². The summed E-state index contributed by atoms with van der Waals surface area (Å²) in [5.41, 5.74) is -0.899. The average molecular weight is 584 g/mol. The van der Waals surface area contributed by atoms with Gasteiger partial charge >= 0.3 is 12.2 Å². The molecule has 1 saturated heterocycles. The van der Waals surface area contributed by atoms with Crippen molar-refractivity contribution < 1.29 is 22.8 Å². The molecule has 1 saturated carbocycles. The van der Waals surface area contributed by atoms with E-state index in [2.05, 4.69) is 47.2 Å². The normalized spacial score (nSPS) is 16.6. The highest BCUT2D eigenvalue weighted by molar-refractivity contribution is 9.10. The molecule has 0 radical (unpaired) electrons. The van der Waals surface area contributed by atoms with Gasteiger partial charge in [0.25, 0.3) is 0 Å². The van der Waals surface area contributed by atoms with Gasteiger partial charge in [0, 0.05) is 43.8 Å². The number of nitrogens with zero attached hydrogens (tertiary/aromatic N) is 3. The lowest BCUT2D eigenvalue weighted by molar-refractivity contribution is -0.243. The molecule has 0 unspecified atom stereocenters. The highest BCUT2D eigenvalue weighted by Gasteiger charge is 2.63. The number of nitrogens with one attached hydrogen (secondary N) is 4. The van der Waals surface area contributed by atoms with Crippen LogP contribution >= 0.6 is 15.9 Å². The van der Waals surface area contributed by atoms with Gasteiger partial charge in [-0.05, 0) is 66.2 Å². The van der Waals surface area contributed by atoms with Gasteiger partial charge in [0.2, 0.25) is 11.9 Å². The number of urea groups is 1. The fraction of sp³-hybridized carbons (Fsp3) is 0.500. The van der Waals surface area contributed by atoms with Crippen molar-refractivity contribution in [1.82, 2.24) is 20.2 Å². The maximum Gasteiger partial charge on any atom is 0.403 e. The number of carbonyl (C=O) groups excluding carboxylic acids is 2. The lowest BCUT2D eigenvalue weighted by atomic mass is 9.67. The van der Waals surface area contributed by atoms with E-state index in [0.717, 1.165) is 25.9 Å². The summed E-state index contributed by atoms with van der Waals surface area (Å²) in [5.74, 6) is -0.132. The molecule has 200 valence electrons. The van der Waals surface area contributed by atoms with Crippen molar-refractivity contribution in [1.29, 1.82) is 0 Å². The second-order valence-electron chi connectivity index (χ2n) is 9.19. The molecule has 3 amide bonds. The van der Waals surface area contributed by atoms with Crippen LogP contribution in [-0.2, 0) is 4.79 Å². The van der Waals surface area contributed by atoms with Gasteiger partial charge in [-0.2, -0.15) is 18.2 Å². The molecular weight excluding hydrogens is 555 g/mol. The molecular formula is C24H29BrF3N7O2. The monoisotopic (exact) mass is 583 g/mol. The fourth-order valence-corrected chi connectivity index (χ4v) is 4.64. The van der Waals surface area contributed by atoms with E-state index in [4.69, 9.17) is 0 Å². The summed E-state index contributed by atoms with van der Waals surface area (Å²) < 4.78 is 40.4. The topological polar surface area (TPSA) is 111 Å². The Morgan fingerprint density at radius 2 is 1.81 bits per heavy atom. The van der Waals surface area contributed by atoms with Crippen LogP contribution in [0.1, 0.15) is 38.5 Å². The Bertz CT molecular complexity index is 1120. The van der Waals surface area contributed by atoms with Crippen LogP contribution in [0.3, 0.4) is 0 Å². The number of halogens is 4. The number of aromatic nitrogens is 2. The SMILES string of the molecule is O=C(Nc1cccc(Nc2ncc(Br)c(NCCCNC(=O)C3(C(F)(F)F)CCC3)n2)c1)N1CCCC1. The highest BCUT2D eigenvalue weighted by Crippen LogP contribution is 2.53. The first-order valence-corrected chi connectivity index (χ1v) is 13.0. The van der Waals surface area contributed by atoms with Gasteiger partial charge < -0.3 is 26.2 Å². The van der Waals surface area contributed by atoms with E-state index in [1.807, 2.05) is 6.07 Å². The minimum absolute atomic E-state index is 0.118. The number of hydrogen-bond acceptors (Lipinski definition) is 6. The molecule has 4 rings (SSSR count). The van der Waals surface area contributed by atoms with Crippen molar-refractivity contribution in [3.05, 3.63) is 34.9 Å². The van der Waals surface area contributed by atoms with E-state index in [1.165, 1.54) is 0 Å². The van der Waals surface area contributed by atoms with Gasteiger partial charge in [0.05, 0.1) is 4.47 Å². The number of anilines is 4. The molecule has 1 aliphatic heterocycles. The number of likely N-dealkylation sites (tertiary alicyclic amines) is 1. The summed E-state index contributed by atoms with van der Waals surface area (Å²) in [7, 11) is 0. The molecule has 2 heterocycles. The second kappa shape index (κ2) is 11.5. The Labute approximate surface area is 221 Å². The van der Waals surface area contributed by atoms with Crippen LogP contribution in [0.25, 0.3) is 0 Å². The maximum atomic E-state index is 13.3. The van der Waals surface area contributed by atoms with Crippen LogP contribution in [0, 0.1) is 5.41 Å². The molecule has 2 aliphatic rings. The van der Waals surface area contributed by atoms with E-state index in [9.17, 15) is 22.8 Å². The smallest absolute Gasteiger partial charge is 0.369 e. The van der Waals surface area contributed by atoms with Crippen molar-refractivity contribution in [2.24, 2.45) is 5.41 Å². The van der Waals surface area contributed by atoms with Crippen LogP contribution < -0.4 is 21.3 Å². The van der Waals surface area contributed by atoms with E-state index in [0.29, 0.717) is 47.0 Å². The summed E-state index contributed by atoms with van der Waals surface area (Å²) in [5, 5.41) is 11.5. The zero-order valence-electron chi connectivity index (χ0n) is 20.1. The molecule has 2 fully saturated rings. The Morgan fingerprint density at radius 3 is 2.49 bits per heavy atom. The standard InChI is InChI=1S/C24H29BrF3N7O2/c25-18-15-31-21(32-16-6-3-7-17(14-16)33-22(37)35-12-1-2-13-35)34-19(18)29-10-5-11-30-20(36)23(8-4-9-23)24(26,27)28/h3,6-7,14-15H,1-2,4-5,8-13H2,(H,30,36)(H,33,37)(H2,29,31,32,34). The molecule has 13 heteroatoms. The predicted octanol–water partition coefficient (Wildman–Crippen LogP) is 5.26. The Kier molecular flexibility index (Phi) is 8.40. The number of hydrogen-bond donors (Lipinski definition) is 4. The second-order valence-corrected chi connectivity index (χ2v) is 10.0. The number of rotatable bonds is 9. The summed E-state index contributed by atoms with van der Waals surface area (Å²) >= 11 is 3.38. The lowest BCUT2D eigenvalue weighted by Crippen LogP contribution is -2.55. The quantitative estimate of drug-likeness (QED) is 0.300. The van der Waals surface area contributed by atoms with E-state index in [1.54, 1.807) is 29.3 Å². The number of amides is 3. The summed E-state index contributed by atoms with van der Waals surface area (Å²) in [6, 6.07) is 7.09. The molecule has 0 spiro atoms. The van der Waals surface area contributed by atoms with Gasteiger partial charge in [-0.3, -0.25) is 4.79 Å². The summed E-state index contributed by atoms with van der Waals surface area (Å²) in [4.78, 5) is 35.0. The minimum Gasteiger partial charge on any atom is -0.369 e. The largest absolute Gasteiger partial charge is 0.403 e. The zero-order valence-corrected chi connectivity index (χ0v) is 21.7. The Hall–Kier alpha value is -3.09. The number of alkyl halides is 3. The van der Waals surface area contributed by atoms with Gasteiger partial charge in [-0.15, -0.1) is 0 Å². The fourth-order valence-electron chi connectivity index (χ4n) is 4.31. The third kappa shape index (κ3) is 6.43. The van der Waals surface area contributed by atoms with Gasteiger partial charge in [-0.25, -0.2) is 9.78 Å². The lowest BCUT2D eigenvalue weighted by Gasteiger charge is -2.41.